The highest BCUT2D eigenvalue weighted by Gasteiger charge is 2.14. The molecule has 3 rings (SSSR count). The topological polar surface area (TPSA) is 95.7 Å². The second kappa shape index (κ2) is 8.53. The van der Waals surface area contributed by atoms with Gasteiger partial charge in [0.25, 0.3) is 0 Å². The Kier molecular flexibility index (Phi) is 6.11. The molecule has 146 valence electrons. The molecule has 8 heteroatoms. The van der Waals surface area contributed by atoms with Gasteiger partial charge in [-0.05, 0) is 58.7 Å². The van der Waals surface area contributed by atoms with Gasteiger partial charge >= 0.3 is 5.63 Å². The Balaban J connectivity index is 1.76. The Hall–Kier alpha value is -2.71. The van der Waals surface area contributed by atoms with Crippen molar-refractivity contribution in [3.8, 4) is 5.75 Å². The minimum atomic E-state index is -0.497. The number of nitrogens with zero attached hydrogens (tertiary/aromatic N) is 2. The van der Waals surface area contributed by atoms with E-state index in [4.69, 9.17) is 4.42 Å². The predicted molar refractivity (Wildman–Crippen MR) is 110 cm³/mol. The van der Waals surface area contributed by atoms with E-state index in [2.05, 4.69) is 26.2 Å². The average molecular weight is 446 g/mol. The number of hydrogen-bond donors (Lipinski definition) is 2. The van der Waals surface area contributed by atoms with E-state index < -0.39 is 5.63 Å². The van der Waals surface area contributed by atoms with Crippen LogP contribution in [0, 0.1) is 0 Å². The van der Waals surface area contributed by atoms with Crippen molar-refractivity contribution in [2.45, 2.75) is 19.9 Å². The van der Waals surface area contributed by atoms with Crippen LogP contribution in [0.4, 0.5) is 5.82 Å². The molecule has 0 aliphatic carbocycles. The molecule has 0 unspecified atom stereocenters. The van der Waals surface area contributed by atoms with Crippen molar-refractivity contribution in [3.05, 3.63) is 62.5 Å². The second-order valence-electron chi connectivity index (χ2n) is 6.50. The van der Waals surface area contributed by atoms with E-state index in [1.807, 2.05) is 13.0 Å². The minimum Gasteiger partial charge on any atom is -0.508 e. The molecule has 2 aromatic heterocycles. The van der Waals surface area contributed by atoms with Crippen molar-refractivity contribution in [1.82, 2.24) is 9.88 Å². The molecule has 0 saturated heterocycles. The van der Waals surface area contributed by atoms with Crippen molar-refractivity contribution < 1.29 is 14.3 Å². The van der Waals surface area contributed by atoms with Gasteiger partial charge in [-0.25, -0.2) is 9.78 Å². The number of fused-ring (bicyclic) bond motifs is 1. The van der Waals surface area contributed by atoms with Gasteiger partial charge in [0.05, 0.1) is 6.54 Å². The molecule has 0 aliphatic rings. The number of anilines is 1. The van der Waals surface area contributed by atoms with Crippen LogP contribution in [-0.4, -0.2) is 34.5 Å². The molecule has 0 aliphatic heterocycles. The van der Waals surface area contributed by atoms with Crippen LogP contribution < -0.4 is 10.9 Å². The van der Waals surface area contributed by atoms with Crippen LogP contribution in [0.15, 0.2) is 50.2 Å². The number of aromatic nitrogens is 1. The maximum atomic E-state index is 12.3. The van der Waals surface area contributed by atoms with E-state index >= 15 is 0 Å². The molecule has 1 amide bonds. The highest BCUT2D eigenvalue weighted by Crippen LogP contribution is 2.27. The average Bonchev–Trinajstić information content (AvgIpc) is 2.62. The number of phenolic OH excluding ortho intramolecular Hbond substituents is 1. The fraction of sp³-hybridized carbons (Fsp3) is 0.250. The molecular formula is C20H20BrN3O4. The molecule has 0 spiro atoms. The number of carbonyl (C=O) groups is 1. The van der Waals surface area contributed by atoms with E-state index in [0.717, 1.165) is 21.0 Å². The molecular weight excluding hydrogens is 426 g/mol. The monoisotopic (exact) mass is 445 g/mol. The number of aromatic hydroxyl groups is 1. The van der Waals surface area contributed by atoms with Crippen LogP contribution in [0.25, 0.3) is 11.0 Å². The number of likely N-dealkylation sites (N-methyl/N-ethyl adjacent to an activating group) is 1. The first-order valence-corrected chi connectivity index (χ1v) is 9.53. The van der Waals surface area contributed by atoms with Gasteiger partial charge in [0.2, 0.25) is 5.91 Å². The molecule has 0 atom stereocenters. The molecule has 0 radical (unpaired) electrons. The minimum absolute atomic E-state index is 0.102. The Morgan fingerprint density at radius 1 is 1.29 bits per heavy atom. The third-order valence-corrected chi connectivity index (χ3v) is 4.73. The van der Waals surface area contributed by atoms with E-state index in [-0.39, 0.29) is 18.2 Å². The number of pyridine rings is 1. The van der Waals surface area contributed by atoms with Gasteiger partial charge in [0.1, 0.15) is 17.2 Å². The van der Waals surface area contributed by atoms with Crippen molar-refractivity contribution in [1.29, 1.82) is 0 Å². The summed E-state index contributed by atoms with van der Waals surface area (Å²) >= 11 is 3.30. The maximum absolute atomic E-state index is 12.3. The summed E-state index contributed by atoms with van der Waals surface area (Å²) in [6.45, 7) is 2.43. The lowest BCUT2D eigenvalue weighted by Gasteiger charge is -2.17. The molecule has 28 heavy (non-hydrogen) atoms. The van der Waals surface area contributed by atoms with Crippen LogP contribution in [0.5, 0.6) is 5.75 Å². The lowest BCUT2D eigenvalue weighted by atomic mass is 10.0. The van der Waals surface area contributed by atoms with Gasteiger partial charge in [0, 0.05) is 34.7 Å². The number of halogens is 1. The summed E-state index contributed by atoms with van der Waals surface area (Å²) in [4.78, 5) is 30.0. The van der Waals surface area contributed by atoms with Gasteiger partial charge in [-0.3, -0.25) is 9.69 Å². The zero-order valence-electron chi connectivity index (χ0n) is 15.5. The van der Waals surface area contributed by atoms with Crippen molar-refractivity contribution >= 4 is 38.6 Å². The van der Waals surface area contributed by atoms with E-state index in [0.29, 0.717) is 24.4 Å². The Labute approximate surface area is 170 Å². The van der Waals surface area contributed by atoms with Crippen LogP contribution >= 0.6 is 15.9 Å². The van der Waals surface area contributed by atoms with Gasteiger partial charge in [-0.15, -0.1) is 0 Å². The lowest BCUT2D eigenvalue weighted by Crippen LogP contribution is -2.30. The van der Waals surface area contributed by atoms with Crippen molar-refractivity contribution in [2.75, 3.05) is 18.9 Å². The Morgan fingerprint density at radius 2 is 2.07 bits per heavy atom. The largest absolute Gasteiger partial charge is 0.508 e. The van der Waals surface area contributed by atoms with Gasteiger partial charge in [-0.1, -0.05) is 6.92 Å². The highest BCUT2D eigenvalue weighted by atomic mass is 79.9. The molecule has 2 N–H and O–H groups in total. The number of aryl methyl sites for hydroxylation is 1. The molecule has 0 saturated carbocycles. The van der Waals surface area contributed by atoms with Crippen molar-refractivity contribution in [3.63, 3.8) is 0 Å². The van der Waals surface area contributed by atoms with Crippen LogP contribution in [-0.2, 0) is 17.8 Å². The summed E-state index contributed by atoms with van der Waals surface area (Å²) in [5.74, 6) is 0.358. The third-order valence-electron chi connectivity index (χ3n) is 4.26. The molecule has 1 aromatic carbocycles. The van der Waals surface area contributed by atoms with E-state index in [1.165, 1.54) is 12.1 Å². The van der Waals surface area contributed by atoms with Crippen LogP contribution in [0.3, 0.4) is 0 Å². The summed E-state index contributed by atoms with van der Waals surface area (Å²) in [5, 5.41) is 13.5. The van der Waals surface area contributed by atoms with Crippen molar-refractivity contribution in [2.24, 2.45) is 0 Å². The SMILES string of the molecule is CCc1cc2c(CN(C)CC(=O)Nc3ccc(Br)cn3)cc(=O)oc2cc1O. The van der Waals surface area contributed by atoms with Gasteiger partial charge in [-0.2, -0.15) is 0 Å². The summed E-state index contributed by atoms with van der Waals surface area (Å²) in [6.07, 6.45) is 2.26. The van der Waals surface area contributed by atoms with E-state index in [9.17, 15) is 14.7 Å². The standard InChI is InChI=1S/C20H20BrN3O4/c1-3-12-6-15-13(7-20(27)28-17(15)8-16(12)25)10-24(2)11-19(26)23-18-5-4-14(21)9-22-18/h4-9,25H,3,10-11H2,1-2H3,(H,22,23,26). The maximum Gasteiger partial charge on any atom is 0.336 e. The third kappa shape index (κ3) is 4.76. The highest BCUT2D eigenvalue weighted by molar-refractivity contribution is 9.10. The van der Waals surface area contributed by atoms with E-state index in [1.54, 1.807) is 30.3 Å². The molecule has 2 heterocycles. The Bertz CT molecular complexity index is 1060. The normalized spacial score (nSPS) is 11.1. The van der Waals surface area contributed by atoms with Gasteiger partial charge in [0.15, 0.2) is 0 Å². The number of phenols is 1. The molecule has 0 bridgehead atoms. The Morgan fingerprint density at radius 3 is 2.75 bits per heavy atom. The second-order valence-corrected chi connectivity index (χ2v) is 7.42. The number of hydrogen-bond acceptors (Lipinski definition) is 6. The van der Waals surface area contributed by atoms with Gasteiger partial charge < -0.3 is 14.8 Å². The lowest BCUT2D eigenvalue weighted by molar-refractivity contribution is -0.117. The summed E-state index contributed by atoms with van der Waals surface area (Å²) < 4.78 is 6.04. The summed E-state index contributed by atoms with van der Waals surface area (Å²) in [7, 11) is 1.79. The molecule has 7 nitrogen and oxygen atoms in total. The molecule has 3 aromatic rings. The zero-order valence-corrected chi connectivity index (χ0v) is 17.1. The number of nitrogens with one attached hydrogen (secondary N) is 1. The first-order chi connectivity index (χ1) is 13.4. The number of rotatable bonds is 6. The number of benzene rings is 1. The first-order valence-electron chi connectivity index (χ1n) is 8.74. The van der Waals surface area contributed by atoms with Crippen LogP contribution in [0.1, 0.15) is 18.1 Å². The fourth-order valence-corrected chi connectivity index (χ4v) is 3.18. The predicted octanol–water partition coefficient (Wildman–Crippen LogP) is 3.29. The smallest absolute Gasteiger partial charge is 0.336 e. The quantitative estimate of drug-likeness (QED) is 0.565. The summed E-state index contributed by atoms with van der Waals surface area (Å²) in [6, 6.07) is 8.20. The number of amides is 1. The molecule has 0 fully saturated rings. The van der Waals surface area contributed by atoms with Crippen LogP contribution in [0.2, 0.25) is 0 Å². The number of carbonyl (C=O) groups excluding carboxylic acids is 1. The zero-order chi connectivity index (χ0) is 20.3. The fourth-order valence-electron chi connectivity index (χ4n) is 2.95. The summed E-state index contributed by atoms with van der Waals surface area (Å²) in [5.41, 5.74) is 1.33. The first kappa shape index (κ1) is 20.0.